The first kappa shape index (κ1) is 21.1. The summed E-state index contributed by atoms with van der Waals surface area (Å²) in [6, 6.07) is -0.161. The van der Waals surface area contributed by atoms with Gasteiger partial charge in [-0.15, -0.1) is 0 Å². The first-order valence-corrected chi connectivity index (χ1v) is 7.35. The molecule has 0 saturated carbocycles. The molecule has 0 aromatic carbocycles. The molecule has 130 valence electrons. The molecule has 22 heavy (non-hydrogen) atoms. The minimum absolute atomic E-state index is 0.0842. The zero-order valence-electron chi connectivity index (χ0n) is 13.1. The second-order valence-electron chi connectivity index (χ2n) is 5.22. The number of hydrogen-bond acceptors (Lipinski definition) is 8. The van der Waals surface area contributed by atoms with Gasteiger partial charge in [-0.1, -0.05) is 0 Å². The lowest BCUT2D eigenvalue weighted by Crippen LogP contribution is -2.46. The van der Waals surface area contributed by atoms with Gasteiger partial charge in [-0.3, -0.25) is 9.79 Å². The van der Waals surface area contributed by atoms with Crippen molar-refractivity contribution in [1.82, 2.24) is 5.32 Å². The van der Waals surface area contributed by atoms with E-state index in [-0.39, 0.29) is 11.8 Å². The van der Waals surface area contributed by atoms with Crippen molar-refractivity contribution in [2.45, 2.75) is 56.6 Å². The zero-order chi connectivity index (χ0) is 17.1. The molecule has 0 fully saturated rings. The molecule has 5 atom stereocenters. The Balaban J connectivity index is 4.00. The highest BCUT2D eigenvalue weighted by molar-refractivity contribution is 5.81. The third-order valence-corrected chi connectivity index (χ3v) is 3.41. The third-order valence-electron chi connectivity index (χ3n) is 3.41. The van der Waals surface area contributed by atoms with Gasteiger partial charge in [0.1, 0.15) is 30.2 Å². The van der Waals surface area contributed by atoms with Gasteiger partial charge >= 0.3 is 0 Å². The van der Waals surface area contributed by atoms with Crippen LogP contribution in [0.1, 0.15) is 26.2 Å². The molecule has 0 aliphatic heterocycles. The number of ketones is 1. The summed E-state index contributed by atoms with van der Waals surface area (Å²) in [7, 11) is 1.73. The van der Waals surface area contributed by atoms with Gasteiger partial charge in [-0.05, 0) is 33.2 Å². The molecule has 0 saturated heterocycles. The second-order valence-corrected chi connectivity index (χ2v) is 5.22. The van der Waals surface area contributed by atoms with Crippen LogP contribution in [0.25, 0.3) is 0 Å². The minimum atomic E-state index is -1.65. The Labute approximate surface area is 130 Å². The quantitative estimate of drug-likeness (QED) is 0.178. The summed E-state index contributed by atoms with van der Waals surface area (Å²) >= 11 is 0. The SMILES string of the molecule is CNC(CCCCN=CC(O)C(O)C(O)C(O)CO)C(C)=O. The molecular formula is C14H28N2O6. The van der Waals surface area contributed by atoms with Crippen LogP contribution in [0.5, 0.6) is 0 Å². The second kappa shape index (κ2) is 11.6. The van der Waals surface area contributed by atoms with Gasteiger partial charge in [-0.25, -0.2) is 0 Å². The highest BCUT2D eigenvalue weighted by atomic mass is 16.4. The maximum Gasteiger partial charge on any atom is 0.146 e. The lowest BCUT2D eigenvalue weighted by atomic mass is 10.0. The number of carbonyl (C=O) groups is 1. The largest absolute Gasteiger partial charge is 0.394 e. The van der Waals surface area contributed by atoms with Crippen LogP contribution in [0.3, 0.4) is 0 Å². The number of aliphatic hydroxyl groups excluding tert-OH is 5. The van der Waals surface area contributed by atoms with Crippen molar-refractivity contribution >= 4 is 12.0 Å². The molecule has 5 unspecified atom stereocenters. The summed E-state index contributed by atoms with van der Waals surface area (Å²) in [6.07, 6.45) is -2.94. The van der Waals surface area contributed by atoms with Gasteiger partial charge in [0.15, 0.2) is 0 Å². The minimum Gasteiger partial charge on any atom is -0.394 e. The molecule has 0 radical (unpaired) electrons. The van der Waals surface area contributed by atoms with Gasteiger partial charge in [0.2, 0.25) is 0 Å². The number of nitrogens with one attached hydrogen (secondary N) is 1. The van der Waals surface area contributed by atoms with Crippen LogP contribution in [0.4, 0.5) is 0 Å². The molecular weight excluding hydrogens is 292 g/mol. The van der Waals surface area contributed by atoms with Crippen LogP contribution in [0, 0.1) is 0 Å². The highest BCUT2D eigenvalue weighted by Crippen LogP contribution is 2.05. The summed E-state index contributed by atoms with van der Waals surface area (Å²) < 4.78 is 0. The standard InChI is InChI=1S/C14H28N2O6/c1-9(18)10(15-2)5-3-4-6-16-7-11(19)13(21)14(22)12(20)8-17/h7,10-15,17,19-22H,3-6,8H2,1-2H3. The number of aliphatic hydroxyl groups is 5. The Morgan fingerprint density at radius 2 is 1.82 bits per heavy atom. The fraction of sp³-hybridized carbons (Fsp3) is 0.857. The van der Waals surface area contributed by atoms with Crippen LogP contribution in [-0.2, 0) is 4.79 Å². The van der Waals surface area contributed by atoms with E-state index in [2.05, 4.69) is 10.3 Å². The Kier molecular flexibility index (Phi) is 11.2. The van der Waals surface area contributed by atoms with E-state index < -0.39 is 31.0 Å². The van der Waals surface area contributed by atoms with Gasteiger partial charge in [-0.2, -0.15) is 0 Å². The van der Waals surface area contributed by atoms with Crippen LogP contribution < -0.4 is 5.32 Å². The maximum absolute atomic E-state index is 11.2. The molecule has 0 aliphatic rings. The normalized spacial score (nSPS) is 18.9. The molecule has 0 bridgehead atoms. The third kappa shape index (κ3) is 7.92. The molecule has 0 aliphatic carbocycles. The van der Waals surface area contributed by atoms with E-state index >= 15 is 0 Å². The average molecular weight is 320 g/mol. The summed E-state index contributed by atoms with van der Waals surface area (Å²) in [5, 5.41) is 49.3. The van der Waals surface area contributed by atoms with Crippen molar-refractivity contribution < 1.29 is 30.3 Å². The number of rotatable bonds is 12. The van der Waals surface area contributed by atoms with Crippen molar-refractivity contribution in [3.8, 4) is 0 Å². The van der Waals surface area contributed by atoms with Crippen molar-refractivity contribution in [3.05, 3.63) is 0 Å². The molecule has 0 aromatic heterocycles. The number of nitrogens with zero attached hydrogens (tertiary/aromatic N) is 1. The molecule has 0 aromatic rings. The molecule has 0 spiro atoms. The summed E-state index contributed by atoms with van der Waals surface area (Å²) in [5.41, 5.74) is 0. The number of hydrogen-bond donors (Lipinski definition) is 6. The maximum atomic E-state index is 11.2. The molecule has 0 rings (SSSR count). The Morgan fingerprint density at radius 1 is 1.18 bits per heavy atom. The molecule has 8 heteroatoms. The van der Waals surface area contributed by atoms with Crippen LogP contribution in [-0.4, -0.2) is 88.2 Å². The zero-order valence-corrected chi connectivity index (χ0v) is 13.1. The molecule has 0 heterocycles. The predicted molar refractivity (Wildman–Crippen MR) is 81.9 cm³/mol. The Morgan fingerprint density at radius 3 is 2.32 bits per heavy atom. The van der Waals surface area contributed by atoms with Crippen LogP contribution in [0.15, 0.2) is 4.99 Å². The lowest BCUT2D eigenvalue weighted by Gasteiger charge is -2.23. The van der Waals surface area contributed by atoms with Crippen LogP contribution >= 0.6 is 0 Å². The topological polar surface area (TPSA) is 143 Å². The number of aliphatic imine (C=N–C) groups is 1. The predicted octanol–water partition coefficient (Wildman–Crippen LogP) is -2.16. The van der Waals surface area contributed by atoms with Crippen molar-refractivity contribution in [3.63, 3.8) is 0 Å². The van der Waals surface area contributed by atoms with Gasteiger partial charge in [0, 0.05) is 12.8 Å². The monoisotopic (exact) mass is 320 g/mol. The van der Waals surface area contributed by atoms with E-state index in [1.807, 2.05) is 0 Å². The summed E-state index contributed by atoms with van der Waals surface area (Å²) in [6.45, 7) is 1.23. The van der Waals surface area contributed by atoms with E-state index in [1.54, 1.807) is 7.05 Å². The molecule has 0 amide bonds. The van der Waals surface area contributed by atoms with Crippen molar-refractivity contribution in [2.24, 2.45) is 4.99 Å². The molecule has 8 nitrogen and oxygen atoms in total. The van der Waals surface area contributed by atoms with E-state index in [9.17, 15) is 20.1 Å². The van der Waals surface area contributed by atoms with Gasteiger partial charge in [0.05, 0.1) is 12.6 Å². The first-order chi connectivity index (χ1) is 10.3. The number of carbonyl (C=O) groups excluding carboxylic acids is 1. The fourth-order valence-corrected chi connectivity index (χ4v) is 1.91. The summed E-state index contributed by atoms with van der Waals surface area (Å²) in [4.78, 5) is 15.1. The van der Waals surface area contributed by atoms with Crippen molar-refractivity contribution in [1.29, 1.82) is 0 Å². The Bertz CT molecular complexity index is 339. The van der Waals surface area contributed by atoms with Crippen LogP contribution in [0.2, 0.25) is 0 Å². The first-order valence-electron chi connectivity index (χ1n) is 7.35. The highest BCUT2D eigenvalue weighted by Gasteiger charge is 2.28. The number of likely N-dealkylation sites (N-methyl/N-ethyl adjacent to an activating group) is 1. The Hall–Kier alpha value is -0.900. The smallest absolute Gasteiger partial charge is 0.146 e. The fourth-order valence-electron chi connectivity index (χ4n) is 1.91. The lowest BCUT2D eigenvalue weighted by molar-refractivity contribution is -0.119. The molecule has 6 N–H and O–H groups in total. The van der Waals surface area contributed by atoms with Gasteiger partial charge < -0.3 is 30.8 Å². The summed E-state index contributed by atoms with van der Waals surface area (Å²) in [5.74, 6) is 0.0842. The number of unbranched alkanes of at least 4 members (excludes halogenated alkanes) is 1. The number of Topliss-reactive ketones (excluding diaryl/α,β-unsaturated/α-hetero) is 1. The van der Waals surface area contributed by atoms with E-state index in [0.29, 0.717) is 19.4 Å². The van der Waals surface area contributed by atoms with E-state index in [1.165, 1.54) is 6.92 Å². The van der Waals surface area contributed by atoms with E-state index in [0.717, 1.165) is 12.6 Å². The van der Waals surface area contributed by atoms with Crippen molar-refractivity contribution in [2.75, 3.05) is 20.2 Å². The van der Waals surface area contributed by atoms with E-state index in [4.69, 9.17) is 10.2 Å². The average Bonchev–Trinajstić information content (AvgIpc) is 2.51. The van der Waals surface area contributed by atoms with Gasteiger partial charge in [0.25, 0.3) is 0 Å².